The topological polar surface area (TPSA) is 81.2 Å². The van der Waals surface area contributed by atoms with Crippen molar-refractivity contribution in [1.82, 2.24) is 14.7 Å². The Kier molecular flexibility index (Phi) is 6.29. The highest BCUT2D eigenvalue weighted by atomic mass is 32.2. The van der Waals surface area contributed by atoms with Gasteiger partial charge in [0.05, 0.1) is 16.6 Å². The van der Waals surface area contributed by atoms with Gasteiger partial charge in [-0.2, -0.15) is 0 Å². The summed E-state index contributed by atoms with van der Waals surface area (Å²) in [6, 6.07) is 9.21. The summed E-state index contributed by atoms with van der Waals surface area (Å²) >= 11 is 1.61. The number of aliphatic hydroxyl groups is 1. The molecule has 4 aliphatic rings. The number of nitrogens with zero attached hydrogens (tertiary/aromatic N) is 3. The molecule has 0 aliphatic carbocycles. The van der Waals surface area contributed by atoms with Gasteiger partial charge < -0.3 is 19.8 Å². The molecule has 8 heteroatoms. The van der Waals surface area contributed by atoms with Crippen LogP contribution in [0.15, 0.2) is 54.6 Å². The molecule has 4 heterocycles. The van der Waals surface area contributed by atoms with E-state index in [1.54, 1.807) is 28.6 Å². The van der Waals surface area contributed by atoms with Crippen LogP contribution in [0.1, 0.15) is 18.4 Å². The van der Waals surface area contributed by atoms with Crippen molar-refractivity contribution in [2.24, 2.45) is 11.8 Å². The van der Waals surface area contributed by atoms with Gasteiger partial charge in [-0.05, 0) is 18.4 Å². The molecule has 0 bridgehead atoms. The first kappa shape index (κ1) is 23.2. The van der Waals surface area contributed by atoms with Crippen LogP contribution in [0, 0.1) is 11.8 Å². The predicted molar refractivity (Wildman–Crippen MR) is 131 cm³/mol. The SMILES string of the molecule is CN1CC=C[C@@H]2S[C@]34C=CCN(Cc5ccccc5)C(=O)C3N(CCCCO)C(=O)[C@@H]4[C@@H]2C1=O. The van der Waals surface area contributed by atoms with Gasteiger partial charge in [-0.3, -0.25) is 14.4 Å². The van der Waals surface area contributed by atoms with E-state index in [4.69, 9.17) is 0 Å². The normalized spacial score (nSPS) is 32.5. The fourth-order valence-corrected chi connectivity index (χ4v) is 7.90. The number of thioether (sulfide) groups is 1. The lowest BCUT2D eigenvalue weighted by molar-refractivity contribution is -0.144. The molecule has 180 valence electrons. The Hall–Kier alpha value is -2.58. The fourth-order valence-electron chi connectivity index (χ4n) is 5.89. The van der Waals surface area contributed by atoms with E-state index in [1.165, 1.54) is 0 Å². The van der Waals surface area contributed by atoms with E-state index in [9.17, 15) is 19.5 Å². The van der Waals surface area contributed by atoms with E-state index in [0.717, 1.165) is 5.56 Å². The van der Waals surface area contributed by atoms with Gasteiger partial charge in [0.2, 0.25) is 17.7 Å². The Morgan fingerprint density at radius 1 is 1.03 bits per heavy atom. The molecule has 0 saturated carbocycles. The molecule has 0 aromatic heterocycles. The van der Waals surface area contributed by atoms with Crippen LogP contribution in [0.4, 0.5) is 0 Å². The van der Waals surface area contributed by atoms with Crippen molar-refractivity contribution in [3.05, 3.63) is 60.2 Å². The van der Waals surface area contributed by atoms with E-state index in [-0.39, 0.29) is 29.6 Å². The monoisotopic (exact) mass is 481 g/mol. The van der Waals surface area contributed by atoms with Crippen LogP contribution in [0.3, 0.4) is 0 Å². The second-order valence-corrected chi connectivity index (χ2v) is 11.0. The van der Waals surface area contributed by atoms with Crippen molar-refractivity contribution in [2.45, 2.75) is 35.4 Å². The Bertz CT molecular complexity index is 1030. The summed E-state index contributed by atoms with van der Waals surface area (Å²) in [7, 11) is 1.77. The summed E-state index contributed by atoms with van der Waals surface area (Å²) in [4.78, 5) is 46.6. The molecule has 4 aliphatic heterocycles. The molecule has 5 atom stereocenters. The molecule has 5 rings (SSSR count). The van der Waals surface area contributed by atoms with Crippen molar-refractivity contribution in [3.8, 4) is 0 Å². The molecule has 1 aromatic rings. The predicted octanol–water partition coefficient (Wildman–Crippen LogP) is 1.68. The zero-order valence-electron chi connectivity index (χ0n) is 19.4. The van der Waals surface area contributed by atoms with Crippen molar-refractivity contribution in [2.75, 3.05) is 33.3 Å². The van der Waals surface area contributed by atoms with Gasteiger partial charge in [0.25, 0.3) is 0 Å². The summed E-state index contributed by atoms with van der Waals surface area (Å²) < 4.78 is -0.771. The number of carbonyl (C=O) groups excluding carboxylic acids is 3. The van der Waals surface area contributed by atoms with Crippen molar-refractivity contribution < 1.29 is 19.5 Å². The second-order valence-electron chi connectivity index (χ2n) is 9.56. The summed E-state index contributed by atoms with van der Waals surface area (Å²) in [6.07, 6.45) is 9.29. The first-order valence-electron chi connectivity index (χ1n) is 12.0. The van der Waals surface area contributed by atoms with E-state index in [1.807, 2.05) is 47.4 Å². The average Bonchev–Trinajstić information content (AvgIpc) is 3.16. The molecule has 34 heavy (non-hydrogen) atoms. The molecule has 1 N–H and O–H groups in total. The summed E-state index contributed by atoms with van der Waals surface area (Å²) in [5.41, 5.74) is 1.04. The molecule has 2 fully saturated rings. The number of hydrogen-bond acceptors (Lipinski definition) is 5. The van der Waals surface area contributed by atoms with Crippen LogP contribution in [0.25, 0.3) is 0 Å². The van der Waals surface area contributed by atoms with E-state index >= 15 is 0 Å². The van der Waals surface area contributed by atoms with Gasteiger partial charge in [0.15, 0.2) is 0 Å². The Morgan fingerprint density at radius 3 is 2.59 bits per heavy atom. The molecule has 3 amide bonds. The molecular weight excluding hydrogens is 450 g/mol. The van der Waals surface area contributed by atoms with Gasteiger partial charge >= 0.3 is 0 Å². The number of benzene rings is 1. The number of aliphatic hydroxyl groups excluding tert-OH is 1. The molecular formula is C26H31N3O4S. The maximum absolute atomic E-state index is 14.1. The zero-order valence-corrected chi connectivity index (χ0v) is 20.2. The molecule has 7 nitrogen and oxygen atoms in total. The van der Waals surface area contributed by atoms with Crippen LogP contribution in [0.2, 0.25) is 0 Å². The number of likely N-dealkylation sites (N-methyl/N-ethyl adjacent to an activating group) is 1. The lowest BCUT2D eigenvalue weighted by atomic mass is 9.78. The second kappa shape index (κ2) is 9.23. The van der Waals surface area contributed by atoms with Crippen LogP contribution in [0.5, 0.6) is 0 Å². The highest BCUT2D eigenvalue weighted by Crippen LogP contribution is 2.61. The fraction of sp³-hybridized carbons (Fsp3) is 0.500. The van der Waals surface area contributed by atoms with Crippen molar-refractivity contribution in [3.63, 3.8) is 0 Å². The number of fused-ring (bicyclic) bond motifs is 2. The highest BCUT2D eigenvalue weighted by molar-refractivity contribution is 8.02. The lowest BCUT2D eigenvalue weighted by Crippen LogP contribution is -2.53. The standard InChI is InChI=1S/C26H31N3O4S/c1-27-13-7-11-19-20(23(27)31)21-24(32)29(15-5-6-16-30)22-25(33)28(14-8-12-26(21,22)34-19)17-18-9-3-2-4-10-18/h2-4,7-12,19-22,30H,5-6,13-17H2,1H3/t19-,20+,21-,22?,26-/m0/s1. The maximum Gasteiger partial charge on any atom is 0.247 e. The Morgan fingerprint density at radius 2 is 1.82 bits per heavy atom. The van der Waals surface area contributed by atoms with Crippen LogP contribution >= 0.6 is 11.8 Å². The minimum Gasteiger partial charge on any atom is -0.396 e. The molecule has 0 radical (unpaired) electrons. The van der Waals surface area contributed by atoms with E-state index in [0.29, 0.717) is 39.0 Å². The van der Waals surface area contributed by atoms with E-state index in [2.05, 4.69) is 12.2 Å². The first-order valence-corrected chi connectivity index (χ1v) is 12.9. The zero-order chi connectivity index (χ0) is 23.9. The number of rotatable bonds is 6. The highest BCUT2D eigenvalue weighted by Gasteiger charge is 2.70. The smallest absolute Gasteiger partial charge is 0.247 e. The van der Waals surface area contributed by atoms with Gasteiger partial charge in [-0.15, -0.1) is 11.8 Å². The van der Waals surface area contributed by atoms with Crippen LogP contribution in [-0.4, -0.2) is 86.9 Å². The van der Waals surface area contributed by atoms with Gasteiger partial charge in [0.1, 0.15) is 6.04 Å². The molecule has 1 unspecified atom stereocenters. The quantitative estimate of drug-likeness (QED) is 0.494. The van der Waals surface area contributed by atoms with Crippen LogP contribution < -0.4 is 0 Å². The van der Waals surface area contributed by atoms with Gasteiger partial charge in [-0.1, -0.05) is 54.6 Å². The van der Waals surface area contributed by atoms with E-state index < -0.39 is 22.6 Å². The lowest BCUT2D eigenvalue weighted by Gasteiger charge is -2.35. The van der Waals surface area contributed by atoms with Gasteiger partial charge in [-0.25, -0.2) is 0 Å². The van der Waals surface area contributed by atoms with Crippen molar-refractivity contribution >= 4 is 29.5 Å². The third kappa shape index (κ3) is 3.67. The van der Waals surface area contributed by atoms with Crippen LogP contribution in [-0.2, 0) is 20.9 Å². The molecule has 2 saturated heterocycles. The maximum atomic E-state index is 14.1. The number of carbonyl (C=O) groups is 3. The molecule has 1 aromatic carbocycles. The largest absolute Gasteiger partial charge is 0.396 e. The number of amides is 3. The number of likely N-dealkylation sites (tertiary alicyclic amines) is 1. The third-order valence-corrected chi connectivity index (χ3v) is 9.21. The summed E-state index contributed by atoms with van der Waals surface area (Å²) in [6.45, 7) is 1.92. The summed E-state index contributed by atoms with van der Waals surface area (Å²) in [5.74, 6) is -1.26. The Balaban J connectivity index is 1.54. The molecule has 1 spiro atoms. The first-order chi connectivity index (χ1) is 16.5. The third-order valence-electron chi connectivity index (χ3n) is 7.47. The number of unbranched alkanes of at least 4 members (excludes halogenated alkanes) is 1. The Labute approximate surface area is 204 Å². The van der Waals surface area contributed by atoms with Crippen molar-refractivity contribution in [1.29, 1.82) is 0 Å². The number of hydrogen-bond donors (Lipinski definition) is 1. The summed E-state index contributed by atoms with van der Waals surface area (Å²) in [5, 5.41) is 9.17. The van der Waals surface area contributed by atoms with Gasteiger partial charge in [0, 0.05) is 45.1 Å². The minimum atomic E-state index is -0.771. The minimum absolute atomic E-state index is 0.0279. The average molecular weight is 482 g/mol.